The van der Waals surface area contributed by atoms with E-state index in [-0.39, 0.29) is 24.7 Å². The maximum atomic E-state index is 14.3. The number of nitrogens with one attached hydrogen (secondary N) is 4. The van der Waals surface area contributed by atoms with Crippen LogP contribution in [0.3, 0.4) is 0 Å². The number of rotatable bonds is 14. The van der Waals surface area contributed by atoms with Gasteiger partial charge in [0.15, 0.2) is 5.58 Å². The second-order valence-electron chi connectivity index (χ2n) is 16.2. The highest BCUT2D eigenvalue weighted by atomic mass is 19.1. The van der Waals surface area contributed by atoms with E-state index < -0.39 is 72.4 Å². The van der Waals surface area contributed by atoms with E-state index in [4.69, 9.17) is 9.26 Å². The van der Waals surface area contributed by atoms with Crippen LogP contribution in [0.1, 0.15) is 69.2 Å². The molecular weight excluding hydrogens is 774 g/mol. The lowest BCUT2D eigenvalue weighted by Gasteiger charge is -2.36. The van der Waals surface area contributed by atoms with Crippen molar-refractivity contribution in [1.29, 1.82) is 0 Å². The Hall–Kier alpha value is -6.32. The van der Waals surface area contributed by atoms with Crippen LogP contribution in [-0.2, 0) is 41.6 Å². The number of alkyl carbamates (subject to hydrolysis) is 1. The first-order chi connectivity index (χ1) is 28.7. The average Bonchev–Trinajstić information content (AvgIpc) is 3.89. The van der Waals surface area contributed by atoms with Gasteiger partial charge < -0.3 is 40.3 Å². The van der Waals surface area contributed by atoms with Crippen molar-refractivity contribution >= 4 is 46.6 Å². The van der Waals surface area contributed by atoms with Crippen molar-refractivity contribution in [2.75, 3.05) is 32.7 Å². The number of hydrogen-bond donors (Lipinski definition) is 4. The number of carbonyl (C=O) groups excluding carboxylic acids is 6. The Bertz CT molecular complexity index is 2150. The van der Waals surface area contributed by atoms with E-state index in [1.165, 1.54) is 12.1 Å². The smallest absolute Gasteiger partial charge is 0.408 e. The van der Waals surface area contributed by atoms with Crippen molar-refractivity contribution in [3.8, 4) is 0 Å². The monoisotopic (exact) mass is 825 g/mol. The number of benzene rings is 3. The number of amides is 6. The summed E-state index contributed by atoms with van der Waals surface area (Å²) in [5.41, 5.74) is 1.89. The van der Waals surface area contributed by atoms with E-state index in [9.17, 15) is 33.2 Å². The summed E-state index contributed by atoms with van der Waals surface area (Å²) in [7, 11) is 0. The Balaban J connectivity index is 1.07. The van der Waals surface area contributed by atoms with Gasteiger partial charge in [0.25, 0.3) is 0 Å². The number of ether oxygens (including phenoxy) is 1. The third kappa shape index (κ3) is 11.7. The van der Waals surface area contributed by atoms with Crippen molar-refractivity contribution in [2.24, 2.45) is 0 Å². The second-order valence-corrected chi connectivity index (χ2v) is 16.2. The topological polar surface area (TPSA) is 192 Å². The van der Waals surface area contributed by atoms with E-state index in [0.717, 1.165) is 22.2 Å². The Morgan fingerprint density at radius 3 is 2.03 bits per heavy atom. The second kappa shape index (κ2) is 19.6. The molecular formula is C44H52FN7O8. The summed E-state index contributed by atoms with van der Waals surface area (Å²) in [5, 5.41) is 15.3. The fraction of sp³-hybridized carbons (Fsp3) is 0.432. The highest BCUT2D eigenvalue weighted by Gasteiger charge is 2.40. The van der Waals surface area contributed by atoms with Crippen molar-refractivity contribution in [2.45, 2.75) is 88.9 Å². The molecule has 0 bridgehead atoms. The van der Waals surface area contributed by atoms with E-state index in [1.54, 1.807) is 60.9 Å². The molecule has 6 rings (SSSR count). The maximum absolute atomic E-state index is 14.3. The standard InChI is InChI=1S/C44H52FN7O8/c1-44(2,3)59-43(58)47-27-38(54)48-33(23-28-11-6-4-7-12-28)40(55)46-26-37(53)49-34(24-29-13-8-5-9-14-29)41(56)52-20-10-15-35(52)42(57)51-21-18-30(19-22-51)39-32-17-16-31(45)25-36(32)60-50-39/h4-9,11-14,16-17,25,30,33-35H,10,15,18-24,26-27H2,1-3H3,(H,46,55)(H,47,58)(H,48,54)(H,49,53)/t33-,34-,35-/m0/s1. The Morgan fingerprint density at radius 2 is 1.40 bits per heavy atom. The zero-order chi connectivity index (χ0) is 42.8. The number of piperidine rings is 1. The minimum absolute atomic E-state index is 0.0269. The summed E-state index contributed by atoms with van der Waals surface area (Å²) in [5.74, 6) is -2.87. The molecule has 3 atom stereocenters. The number of nitrogens with zero attached hydrogens (tertiary/aromatic N) is 3. The Labute approximate surface area is 347 Å². The first-order valence-electron chi connectivity index (χ1n) is 20.3. The van der Waals surface area contributed by atoms with Crippen molar-refractivity contribution in [3.63, 3.8) is 0 Å². The van der Waals surface area contributed by atoms with Gasteiger partial charge in [-0.25, -0.2) is 9.18 Å². The van der Waals surface area contributed by atoms with Gasteiger partial charge in [-0.3, -0.25) is 24.0 Å². The van der Waals surface area contributed by atoms with Crippen LogP contribution in [0.25, 0.3) is 11.0 Å². The number of likely N-dealkylation sites (tertiary alicyclic amines) is 2. The van der Waals surface area contributed by atoms with Gasteiger partial charge in [-0.2, -0.15) is 0 Å². The van der Waals surface area contributed by atoms with Crippen LogP contribution in [-0.4, -0.2) is 107 Å². The third-order valence-corrected chi connectivity index (χ3v) is 10.5. The quantitative estimate of drug-likeness (QED) is 0.147. The Kier molecular flexibility index (Phi) is 14.1. The van der Waals surface area contributed by atoms with Crippen LogP contribution in [0.15, 0.2) is 83.4 Å². The lowest BCUT2D eigenvalue weighted by atomic mass is 9.91. The lowest BCUT2D eigenvalue weighted by Crippen LogP contribution is -2.57. The van der Waals surface area contributed by atoms with Gasteiger partial charge in [0, 0.05) is 49.8 Å². The number of hydrogen-bond acceptors (Lipinski definition) is 9. The van der Waals surface area contributed by atoms with Crippen molar-refractivity contribution in [3.05, 3.63) is 102 Å². The molecule has 3 aromatic carbocycles. The minimum atomic E-state index is -1.10. The van der Waals surface area contributed by atoms with Gasteiger partial charge in [0.2, 0.25) is 29.5 Å². The van der Waals surface area contributed by atoms with Crippen LogP contribution >= 0.6 is 0 Å². The summed E-state index contributed by atoms with van der Waals surface area (Å²) >= 11 is 0. The molecule has 2 aliphatic rings. The highest BCUT2D eigenvalue weighted by Crippen LogP contribution is 2.34. The molecule has 0 aliphatic carbocycles. The van der Waals surface area contributed by atoms with Gasteiger partial charge in [0.1, 0.15) is 36.1 Å². The van der Waals surface area contributed by atoms with Crippen LogP contribution in [0.2, 0.25) is 0 Å². The number of halogens is 1. The first kappa shape index (κ1) is 43.3. The van der Waals surface area contributed by atoms with Crippen LogP contribution in [0, 0.1) is 5.82 Å². The fourth-order valence-corrected chi connectivity index (χ4v) is 7.65. The van der Waals surface area contributed by atoms with Gasteiger partial charge >= 0.3 is 6.09 Å². The molecule has 0 saturated carbocycles. The van der Waals surface area contributed by atoms with Crippen molar-refractivity contribution < 1.29 is 42.4 Å². The number of fused-ring (bicyclic) bond motifs is 1. The molecule has 15 nitrogen and oxygen atoms in total. The highest BCUT2D eigenvalue weighted by molar-refractivity contribution is 5.95. The lowest BCUT2D eigenvalue weighted by molar-refractivity contribution is -0.146. The summed E-state index contributed by atoms with van der Waals surface area (Å²) in [6.07, 6.45) is 1.81. The minimum Gasteiger partial charge on any atom is -0.444 e. The largest absolute Gasteiger partial charge is 0.444 e. The van der Waals surface area contributed by atoms with Crippen LogP contribution < -0.4 is 21.3 Å². The molecule has 4 N–H and O–H groups in total. The third-order valence-electron chi connectivity index (χ3n) is 10.5. The average molecular weight is 826 g/mol. The number of carbonyl (C=O) groups is 6. The van der Waals surface area contributed by atoms with Crippen LogP contribution in [0.4, 0.5) is 9.18 Å². The molecule has 6 amide bonds. The predicted molar refractivity (Wildman–Crippen MR) is 219 cm³/mol. The summed E-state index contributed by atoms with van der Waals surface area (Å²) < 4.78 is 24.3. The molecule has 0 radical (unpaired) electrons. The first-order valence-corrected chi connectivity index (χ1v) is 20.3. The SMILES string of the molecule is CC(C)(C)OC(=O)NCC(=O)N[C@@H](Cc1ccccc1)C(=O)NCC(=O)N[C@@H](Cc1ccccc1)C(=O)N1CCC[C@H]1C(=O)N1CCC(c2noc3cc(F)ccc23)CC1. The molecule has 16 heteroatoms. The van der Waals surface area contributed by atoms with Gasteiger partial charge in [-0.15, -0.1) is 0 Å². The molecule has 0 unspecified atom stereocenters. The van der Waals surface area contributed by atoms with E-state index in [1.807, 2.05) is 36.4 Å². The molecule has 60 heavy (non-hydrogen) atoms. The van der Waals surface area contributed by atoms with Gasteiger partial charge in [0.05, 0.1) is 12.2 Å². The van der Waals surface area contributed by atoms with Gasteiger partial charge in [-0.1, -0.05) is 65.8 Å². The maximum Gasteiger partial charge on any atom is 0.408 e. The van der Waals surface area contributed by atoms with Crippen LogP contribution in [0.5, 0.6) is 0 Å². The molecule has 0 spiro atoms. The molecule has 4 aromatic rings. The molecule has 2 aliphatic heterocycles. The zero-order valence-corrected chi connectivity index (χ0v) is 34.1. The summed E-state index contributed by atoms with van der Waals surface area (Å²) in [6, 6.07) is 19.7. The normalized spacial score (nSPS) is 16.8. The fourth-order valence-electron chi connectivity index (χ4n) is 7.65. The molecule has 318 valence electrons. The number of aromatic nitrogens is 1. The van der Waals surface area contributed by atoms with E-state index in [2.05, 4.69) is 26.4 Å². The van der Waals surface area contributed by atoms with Gasteiger partial charge in [-0.05, 0) is 69.7 Å². The summed E-state index contributed by atoms with van der Waals surface area (Å²) in [4.78, 5) is 83.6. The zero-order valence-electron chi connectivity index (χ0n) is 34.1. The predicted octanol–water partition coefficient (Wildman–Crippen LogP) is 3.76. The Morgan fingerprint density at radius 1 is 0.800 bits per heavy atom. The summed E-state index contributed by atoms with van der Waals surface area (Å²) in [6.45, 7) is 5.37. The molecule has 1 aromatic heterocycles. The molecule has 3 heterocycles. The van der Waals surface area contributed by atoms with E-state index in [0.29, 0.717) is 50.9 Å². The van der Waals surface area contributed by atoms with Crippen molar-refractivity contribution in [1.82, 2.24) is 36.2 Å². The molecule has 2 fully saturated rings. The van der Waals surface area contributed by atoms with E-state index >= 15 is 0 Å². The molecule has 2 saturated heterocycles.